The average molecular weight is 741 g/mol. The summed E-state index contributed by atoms with van der Waals surface area (Å²) < 4.78 is 24.3. The molecule has 4 amide bonds. The van der Waals surface area contributed by atoms with E-state index in [0.29, 0.717) is 109 Å². The minimum absolute atomic E-state index is 0.00648. The fraction of sp³-hybridized carbons (Fsp3) is 0.421. The highest BCUT2D eigenvalue weighted by Crippen LogP contribution is 2.32. The first-order valence-electron chi connectivity index (χ1n) is 18.2. The minimum atomic E-state index is -0.857. The van der Waals surface area contributed by atoms with Gasteiger partial charge in [-0.2, -0.15) is 4.98 Å². The fourth-order valence-corrected chi connectivity index (χ4v) is 6.81. The lowest BCUT2D eigenvalue weighted by Crippen LogP contribution is -2.51. The van der Waals surface area contributed by atoms with Crippen LogP contribution in [-0.4, -0.2) is 139 Å². The summed E-state index contributed by atoms with van der Waals surface area (Å²) in [5.74, 6) is 0.109. The summed E-state index contributed by atoms with van der Waals surface area (Å²) in [4.78, 5) is 65.9. The molecule has 2 saturated heterocycles. The van der Waals surface area contributed by atoms with Gasteiger partial charge in [0.15, 0.2) is 0 Å². The number of nitrogens with one attached hydrogen (secondary N) is 2. The van der Waals surface area contributed by atoms with E-state index in [0.717, 1.165) is 21.8 Å². The van der Waals surface area contributed by atoms with E-state index in [2.05, 4.69) is 27.1 Å². The van der Waals surface area contributed by atoms with Gasteiger partial charge in [0.05, 0.1) is 68.4 Å². The van der Waals surface area contributed by atoms with Crippen LogP contribution in [0, 0.1) is 0 Å². The number of para-hydroxylation sites is 2. The summed E-state index contributed by atoms with van der Waals surface area (Å²) in [6.07, 6.45) is 2.84. The molecular formula is C38H44N8O8. The van der Waals surface area contributed by atoms with Crippen LogP contribution in [0.5, 0.6) is 0 Å². The second-order valence-corrected chi connectivity index (χ2v) is 13.1. The number of carbonyl (C=O) groups is 4. The Balaban J connectivity index is 0.701. The van der Waals surface area contributed by atoms with Crippen molar-refractivity contribution >= 4 is 51.9 Å². The number of hydrogen-bond donors (Lipinski definition) is 2. The van der Waals surface area contributed by atoms with Gasteiger partial charge < -0.3 is 39.4 Å². The van der Waals surface area contributed by atoms with Crippen LogP contribution < -0.4 is 15.5 Å². The zero-order valence-electron chi connectivity index (χ0n) is 30.0. The van der Waals surface area contributed by atoms with Gasteiger partial charge in [-0.1, -0.05) is 24.8 Å². The van der Waals surface area contributed by atoms with Crippen molar-refractivity contribution in [1.82, 2.24) is 29.5 Å². The lowest BCUT2D eigenvalue weighted by Gasteiger charge is -2.35. The van der Waals surface area contributed by atoms with E-state index in [1.807, 2.05) is 45.8 Å². The highest BCUT2D eigenvalue weighted by atomic mass is 16.6. The molecular weight excluding hydrogens is 696 g/mol. The van der Waals surface area contributed by atoms with E-state index in [4.69, 9.17) is 23.9 Å². The van der Waals surface area contributed by atoms with Crippen LogP contribution in [0.15, 0.2) is 67.0 Å². The molecule has 2 fully saturated rings. The summed E-state index contributed by atoms with van der Waals surface area (Å²) in [5.41, 5.74) is 3.57. The highest BCUT2D eigenvalue weighted by Gasteiger charge is 2.45. The number of anilines is 2. The Bertz CT molecular complexity index is 2030. The summed E-state index contributed by atoms with van der Waals surface area (Å²) in [6, 6.07) is 14.1. The molecule has 2 aromatic carbocycles. The molecule has 0 aliphatic carbocycles. The van der Waals surface area contributed by atoms with E-state index in [1.54, 1.807) is 18.2 Å². The molecule has 0 saturated carbocycles. The number of allylic oxidation sites excluding steroid dienone is 1. The van der Waals surface area contributed by atoms with Crippen LogP contribution in [0.1, 0.15) is 33.6 Å². The maximum atomic E-state index is 13.2. The van der Waals surface area contributed by atoms with Crippen molar-refractivity contribution in [3.8, 4) is 0 Å². The SMILES string of the molecule is C=C1CCC(N2C(=O)c3cccc(NCCOCCOCCOCCOCC(=O)N4CCN(c5ccn6c(n5)nc5ccccc56)CC4)c3C2=O)C(=O)N1. The second kappa shape index (κ2) is 17.2. The van der Waals surface area contributed by atoms with Crippen LogP contribution in [0.4, 0.5) is 11.5 Å². The van der Waals surface area contributed by atoms with Gasteiger partial charge in [-0.25, -0.2) is 4.98 Å². The molecule has 0 bridgehead atoms. The number of piperidine rings is 1. The van der Waals surface area contributed by atoms with Gasteiger partial charge in [-0.3, -0.25) is 28.5 Å². The number of piperazine rings is 1. The number of benzene rings is 2. The predicted molar refractivity (Wildman–Crippen MR) is 198 cm³/mol. The molecule has 0 radical (unpaired) electrons. The first-order chi connectivity index (χ1) is 26.4. The lowest BCUT2D eigenvalue weighted by atomic mass is 10.0. The van der Waals surface area contributed by atoms with Crippen LogP contribution in [-0.2, 0) is 28.5 Å². The molecule has 16 nitrogen and oxygen atoms in total. The van der Waals surface area contributed by atoms with Crippen molar-refractivity contribution in [1.29, 1.82) is 0 Å². The summed E-state index contributed by atoms with van der Waals surface area (Å²) >= 11 is 0. The molecule has 2 N–H and O–H groups in total. The topological polar surface area (TPSA) is 169 Å². The molecule has 3 aliphatic rings. The van der Waals surface area contributed by atoms with Crippen molar-refractivity contribution in [2.45, 2.75) is 18.9 Å². The molecule has 5 heterocycles. The van der Waals surface area contributed by atoms with E-state index in [9.17, 15) is 19.2 Å². The number of carbonyl (C=O) groups excluding carboxylic acids is 4. The lowest BCUT2D eigenvalue weighted by molar-refractivity contribution is -0.137. The van der Waals surface area contributed by atoms with Crippen molar-refractivity contribution in [3.05, 3.63) is 78.1 Å². The molecule has 4 aromatic rings. The number of imide groups is 1. The van der Waals surface area contributed by atoms with Gasteiger partial charge in [0.1, 0.15) is 18.5 Å². The number of amides is 4. The van der Waals surface area contributed by atoms with Gasteiger partial charge >= 0.3 is 0 Å². The van der Waals surface area contributed by atoms with Crippen LogP contribution in [0.3, 0.4) is 0 Å². The average Bonchev–Trinajstić information content (AvgIpc) is 3.68. The summed E-state index contributed by atoms with van der Waals surface area (Å²) in [7, 11) is 0. The normalized spacial score (nSPS) is 17.5. The maximum absolute atomic E-state index is 13.2. The van der Waals surface area contributed by atoms with E-state index in [1.165, 1.54) is 0 Å². The predicted octanol–water partition coefficient (Wildman–Crippen LogP) is 2.10. The Morgan fingerprint density at radius 2 is 1.56 bits per heavy atom. The first kappa shape index (κ1) is 36.9. The zero-order valence-corrected chi connectivity index (χ0v) is 30.0. The fourth-order valence-electron chi connectivity index (χ4n) is 6.81. The van der Waals surface area contributed by atoms with E-state index in [-0.39, 0.29) is 23.6 Å². The Hall–Kier alpha value is -5.42. The third-order valence-electron chi connectivity index (χ3n) is 9.60. The van der Waals surface area contributed by atoms with Crippen molar-refractivity contribution in [2.75, 3.05) is 95.8 Å². The standard InChI is InChI=1S/C38H44N8O8/c1-26-9-10-31(35(48)40-26)46-36(49)27-5-4-7-29(34(27)37(46)50)39-12-18-51-19-20-52-21-22-53-23-24-54-25-33(47)44-16-14-43(15-17-44)32-11-13-45-30-8-3-2-6-28(30)41-38(45)42-32/h2-8,11,13,31,39H,1,9-10,12,14-25H2,(H,40,48). The molecule has 1 atom stereocenters. The molecule has 0 spiro atoms. The number of aromatic nitrogens is 3. The third-order valence-corrected chi connectivity index (χ3v) is 9.60. The largest absolute Gasteiger partial charge is 0.382 e. The van der Waals surface area contributed by atoms with Crippen molar-refractivity contribution < 1.29 is 38.1 Å². The Morgan fingerprint density at radius 3 is 2.31 bits per heavy atom. The van der Waals surface area contributed by atoms with Crippen LogP contribution >= 0.6 is 0 Å². The van der Waals surface area contributed by atoms with Crippen LogP contribution in [0.25, 0.3) is 16.8 Å². The maximum Gasteiger partial charge on any atom is 0.264 e. The number of ether oxygens (including phenoxy) is 4. The monoisotopic (exact) mass is 740 g/mol. The molecule has 3 aliphatic heterocycles. The molecule has 2 aromatic heterocycles. The molecule has 1 unspecified atom stereocenters. The molecule has 284 valence electrons. The summed E-state index contributed by atoms with van der Waals surface area (Å²) in [6.45, 7) is 9.25. The zero-order chi connectivity index (χ0) is 37.4. The number of fused-ring (bicyclic) bond motifs is 4. The molecule has 7 rings (SSSR count). The summed E-state index contributed by atoms with van der Waals surface area (Å²) in [5, 5.41) is 5.81. The second-order valence-electron chi connectivity index (χ2n) is 13.1. The van der Waals surface area contributed by atoms with Gasteiger partial charge in [-0.15, -0.1) is 0 Å². The first-order valence-corrected chi connectivity index (χ1v) is 18.2. The highest BCUT2D eigenvalue weighted by molar-refractivity contribution is 6.25. The number of rotatable bonds is 17. The Kier molecular flexibility index (Phi) is 11.7. The third kappa shape index (κ3) is 8.21. The Labute approximate surface area is 312 Å². The van der Waals surface area contributed by atoms with Gasteiger partial charge in [0.2, 0.25) is 17.6 Å². The van der Waals surface area contributed by atoms with E-state index < -0.39 is 23.8 Å². The quantitative estimate of drug-likeness (QED) is 0.120. The van der Waals surface area contributed by atoms with Crippen molar-refractivity contribution in [2.24, 2.45) is 0 Å². The smallest absolute Gasteiger partial charge is 0.264 e. The number of nitrogens with zero attached hydrogens (tertiary/aromatic N) is 6. The van der Waals surface area contributed by atoms with Gasteiger partial charge in [-0.05, 0) is 43.2 Å². The minimum Gasteiger partial charge on any atom is -0.382 e. The number of hydrogen-bond acceptors (Lipinski definition) is 12. The number of imidazole rings is 1. The van der Waals surface area contributed by atoms with Crippen molar-refractivity contribution in [3.63, 3.8) is 0 Å². The molecule has 54 heavy (non-hydrogen) atoms. The van der Waals surface area contributed by atoms with E-state index >= 15 is 0 Å². The van der Waals surface area contributed by atoms with Crippen LogP contribution in [0.2, 0.25) is 0 Å². The molecule has 16 heteroatoms. The Morgan fingerprint density at radius 1 is 0.833 bits per heavy atom. The van der Waals surface area contributed by atoms with Gasteiger partial charge in [0, 0.05) is 50.3 Å². The van der Waals surface area contributed by atoms with Gasteiger partial charge in [0.25, 0.3) is 11.8 Å².